The zero-order chi connectivity index (χ0) is 27.2. The number of nitrogens with one attached hydrogen (secondary N) is 1. The summed E-state index contributed by atoms with van der Waals surface area (Å²) < 4.78 is 20.0. The second kappa shape index (κ2) is 11.8. The maximum atomic E-state index is 14.4. The number of likely N-dealkylation sites (tertiary alicyclic amines) is 1. The van der Waals surface area contributed by atoms with Gasteiger partial charge in [-0.15, -0.1) is 0 Å². The first kappa shape index (κ1) is 26.7. The Morgan fingerprint density at radius 1 is 1.13 bits per heavy atom. The number of piperidine rings is 1. The Morgan fingerprint density at radius 3 is 2.53 bits per heavy atom. The Morgan fingerprint density at radius 2 is 1.84 bits per heavy atom. The van der Waals surface area contributed by atoms with E-state index in [1.165, 1.54) is 4.90 Å². The highest BCUT2D eigenvalue weighted by Gasteiger charge is 2.29. The van der Waals surface area contributed by atoms with E-state index < -0.39 is 22.3 Å². The van der Waals surface area contributed by atoms with Gasteiger partial charge in [-0.25, -0.2) is 4.39 Å². The molecule has 198 valence electrons. The van der Waals surface area contributed by atoms with Crippen LogP contribution in [0.2, 0.25) is 0 Å². The normalized spacial score (nSPS) is 13.7. The largest absolute Gasteiger partial charge is 0.494 e. The third-order valence-corrected chi connectivity index (χ3v) is 6.58. The maximum Gasteiger partial charge on any atom is 0.272 e. The lowest BCUT2D eigenvalue weighted by Crippen LogP contribution is -2.39. The van der Waals surface area contributed by atoms with Crippen LogP contribution in [0, 0.1) is 22.9 Å². The summed E-state index contributed by atoms with van der Waals surface area (Å²) in [5.74, 6) is -1.02. The smallest absolute Gasteiger partial charge is 0.272 e. The van der Waals surface area contributed by atoms with Crippen molar-refractivity contribution in [3.05, 3.63) is 98.6 Å². The molecule has 2 amide bonds. The summed E-state index contributed by atoms with van der Waals surface area (Å²) in [5.41, 5.74) is 2.20. The third kappa shape index (κ3) is 5.96. The van der Waals surface area contributed by atoms with Crippen LogP contribution in [0.25, 0.3) is 0 Å². The lowest BCUT2D eigenvalue weighted by molar-refractivity contribution is -0.385. The predicted molar refractivity (Wildman–Crippen MR) is 139 cm³/mol. The second-order valence-electron chi connectivity index (χ2n) is 9.10. The van der Waals surface area contributed by atoms with E-state index in [0.717, 1.165) is 35.2 Å². The van der Waals surface area contributed by atoms with E-state index >= 15 is 0 Å². The Bertz CT molecular complexity index is 1350. The molecule has 0 unspecified atom stereocenters. The van der Waals surface area contributed by atoms with Gasteiger partial charge in [0.2, 0.25) is 0 Å². The Labute approximate surface area is 219 Å². The lowest BCUT2D eigenvalue weighted by atomic mass is 9.89. The number of non-ortho nitro benzene ring substituents is 1. The molecular formula is C28H29FN4O5. The van der Waals surface area contributed by atoms with E-state index in [1.807, 2.05) is 38.1 Å². The highest BCUT2D eigenvalue weighted by atomic mass is 19.1. The van der Waals surface area contributed by atoms with Gasteiger partial charge in [0.1, 0.15) is 11.6 Å². The average Bonchev–Trinajstić information content (AvgIpc) is 2.92. The molecule has 10 heteroatoms. The van der Waals surface area contributed by atoms with Crippen molar-refractivity contribution in [1.29, 1.82) is 0 Å². The van der Waals surface area contributed by atoms with E-state index in [1.54, 1.807) is 12.1 Å². The van der Waals surface area contributed by atoms with Crippen molar-refractivity contribution in [2.45, 2.75) is 39.2 Å². The second-order valence-corrected chi connectivity index (χ2v) is 9.10. The minimum Gasteiger partial charge on any atom is -0.494 e. The summed E-state index contributed by atoms with van der Waals surface area (Å²) in [7, 11) is 0. The van der Waals surface area contributed by atoms with Crippen molar-refractivity contribution in [3.8, 4) is 5.75 Å². The van der Waals surface area contributed by atoms with Gasteiger partial charge in [0.25, 0.3) is 17.5 Å². The van der Waals surface area contributed by atoms with Crippen LogP contribution in [-0.2, 0) is 6.54 Å². The number of nitro benzene ring substituents is 1. The van der Waals surface area contributed by atoms with Gasteiger partial charge in [-0.2, -0.15) is 0 Å². The van der Waals surface area contributed by atoms with Gasteiger partial charge in [0.15, 0.2) is 0 Å². The zero-order valence-electron chi connectivity index (χ0n) is 21.3. The first-order chi connectivity index (χ1) is 18.3. The molecule has 0 spiro atoms. The zero-order valence-corrected chi connectivity index (χ0v) is 21.3. The number of carbonyl (C=O) groups excluding carboxylic acids is 2. The monoisotopic (exact) mass is 520 g/mol. The molecule has 2 aromatic carbocycles. The van der Waals surface area contributed by atoms with Gasteiger partial charge in [0.05, 0.1) is 34.4 Å². The van der Waals surface area contributed by atoms with E-state index in [4.69, 9.17) is 4.74 Å². The molecule has 1 aliphatic heterocycles. The Hall–Kier alpha value is -4.34. The molecule has 0 radical (unpaired) electrons. The number of rotatable bonds is 8. The summed E-state index contributed by atoms with van der Waals surface area (Å²) in [6.45, 7) is 5.28. The standard InChI is InChI=1S/C28H29FN4O5/c1-3-38-25-7-5-4-6-20(25)17-30-27(34)23-10-8-18(2)31-26(23)19-12-14-32(15-13-19)28(35)22-11-9-21(33(36)37)16-24(22)29/h4-11,16,19H,3,12-15,17H2,1-2H3,(H,30,34). The van der Waals surface area contributed by atoms with E-state index in [2.05, 4.69) is 10.3 Å². The van der Waals surface area contributed by atoms with Crippen molar-refractivity contribution in [3.63, 3.8) is 0 Å². The number of halogens is 1. The fourth-order valence-electron chi connectivity index (χ4n) is 4.61. The van der Waals surface area contributed by atoms with E-state index in [0.29, 0.717) is 50.3 Å². The SMILES string of the molecule is CCOc1ccccc1CNC(=O)c1ccc(C)nc1C1CCN(C(=O)c2ccc([N+](=O)[O-])cc2F)CC1. The van der Waals surface area contributed by atoms with Crippen LogP contribution < -0.4 is 10.1 Å². The topological polar surface area (TPSA) is 115 Å². The van der Waals surface area contributed by atoms with Gasteiger partial charge in [0, 0.05) is 42.9 Å². The molecule has 2 heterocycles. The minimum absolute atomic E-state index is 0.0582. The fourth-order valence-corrected chi connectivity index (χ4v) is 4.61. The predicted octanol–water partition coefficient (Wildman–Crippen LogP) is 4.79. The number of nitrogens with zero attached hydrogens (tertiary/aromatic N) is 3. The van der Waals surface area contributed by atoms with E-state index in [9.17, 15) is 24.1 Å². The summed E-state index contributed by atoms with van der Waals surface area (Å²) in [5, 5.41) is 13.8. The van der Waals surface area contributed by atoms with Crippen LogP contribution in [0.15, 0.2) is 54.6 Å². The first-order valence-electron chi connectivity index (χ1n) is 12.5. The van der Waals surface area contributed by atoms with Gasteiger partial charge in [-0.05, 0) is 51.0 Å². The first-order valence-corrected chi connectivity index (χ1v) is 12.5. The average molecular weight is 521 g/mol. The molecule has 0 saturated carbocycles. The molecule has 0 bridgehead atoms. The van der Waals surface area contributed by atoms with Crippen molar-refractivity contribution in [2.24, 2.45) is 0 Å². The summed E-state index contributed by atoms with van der Waals surface area (Å²) in [6, 6.07) is 14.1. The maximum absolute atomic E-state index is 14.4. The number of pyridine rings is 1. The molecule has 0 aliphatic carbocycles. The Kier molecular flexibility index (Phi) is 8.30. The van der Waals surface area contributed by atoms with Crippen molar-refractivity contribution in [1.82, 2.24) is 15.2 Å². The van der Waals surface area contributed by atoms with E-state index in [-0.39, 0.29) is 17.4 Å². The fraction of sp³-hybridized carbons (Fsp3) is 0.321. The van der Waals surface area contributed by atoms with Crippen LogP contribution in [-0.4, -0.2) is 46.3 Å². The van der Waals surface area contributed by atoms with Crippen molar-refractivity contribution < 1.29 is 23.6 Å². The van der Waals surface area contributed by atoms with Gasteiger partial charge >= 0.3 is 0 Å². The lowest BCUT2D eigenvalue weighted by Gasteiger charge is -2.32. The number of carbonyl (C=O) groups is 2. The number of hydrogen-bond donors (Lipinski definition) is 1. The molecule has 38 heavy (non-hydrogen) atoms. The minimum atomic E-state index is -0.920. The number of amides is 2. The summed E-state index contributed by atoms with van der Waals surface area (Å²) in [4.78, 5) is 42.4. The molecule has 1 aliphatic rings. The van der Waals surface area contributed by atoms with Gasteiger partial charge in [-0.3, -0.25) is 24.7 Å². The molecule has 1 N–H and O–H groups in total. The van der Waals surface area contributed by atoms with Crippen LogP contribution in [0.4, 0.5) is 10.1 Å². The summed E-state index contributed by atoms with van der Waals surface area (Å²) in [6.07, 6.45) is 1.09. The van der Waals surface area contributed by atoms with Crippen LogP contribution >= 0.6 is 0 Å². The molecule has 1 fully saturated rings. The summed E-state index contributed by atoms with van der Waals surface area (Å²) >= 11 is 0. The number of para-hydroxylation sites is 1. The highest BCUT2D eigenvalue weighted by molar-refractivity contribution is 5.96. The molecular weight excluding hydrogens is 491 g/mol. The van der Waals surface area contributed by atoms with Crippen LogP contribution in [0.5, 0.6) is 5.75 Å². The van der Waals surface area contributed by atoms with Crippen molar-refractivity contribution >= 4 is 17.5 Å². The number of nitro groups is 1. The number of benzene rings is 2. The highest BCUT2D eigenvalue weighted by Crippen LogP contribution is 2.31. The molecule has 0 atom stereocenters. The molecule has 9 nitrogen and oxygen atoms in total. The molecule has 1 saturated heterocycles. The third-order valence-electron chi connectivity index (χ3n) is 6.58. The number of hydrogen-bond acceptors (Lipinski definition) is 6. The van der Waals surface area contributed by atoms with Crippen LogP contribution in [0.3, 0.4) is 0 Å². The Balaban J connectivity index is 1.44. The number of aryl methyl sites for hydroxylation is 1. The van der Waals surface area contributed by atoms with Crippen molar-refractivity contribution in [2.75, 3.05) is 19.7 Å². The number of ether oxygens (including phenoxy) is 1. The number of aromatic nitrogens is 1. The molecule has 3 aromatic rings. The van der Waals surface area contributed by atoms with Crippen LogP contribution in [0.1, 0.15) is 63.4 Å². The quantitative estimate of drug-likeness (QED) is 0.338. The molecule has 4 rings (SSSR count). The van der Waals surface area contributed by atoms with Gasteiger partial charge < -0.3 is 15.0 Å². The van der Waals surface area contributed by atoms with Gasteiger partial charge in [-0.1, -0.05) is 18.2 Å². The molecule has 1 aromatic heterocycles.